The number of anilines is 1. The van der Waals surface area contributed by atoms with Crippen LogP contribution in [-0.4, -0.2) is 26.0 Å². The van der Waals surface area contributed by atoms with Gasteiger partial charge >= 0.3 is 0 Å². The van der Waals surface area contributed by atoms with Crippen LogP contribution in [0.5, 0.6) is 0 Å². The number of benzene rings is 1. The van der Waals surface area contributed by atoms with Crippen LogP contribution in [0.1, 0.15) is 17.9 Å². The van der Waals surface area contributed by atoms with Crippen LogP contribution in [-0.2, 0) is 4.79 Å². The summed E-state index contributed by atoms with van der Waals surface area (Å²) in [6, 6.07) is 5.89. The average molecular weight is 251 g/mol. The molecule has 2 atom stereocenters. The summed E-state index contributed by atoms with van der Waals surface area (Å²) < 4.78 is 0. The van der Waals surface area contributed by atoms with Crippen LogP contribution in [0.4, 0.5) is 5.69 Å². The smallest absolute Gasteiger partial charge is 0.231 e. The number of hydrogen-bond donors (Lipinski definition) is 1. The number of fused-ring (bicyclic) bond motifs is 3. The molecule has 0 spiro atoms. The Hall–Kier alpha value is -1.06. The van der Waals surface area contributed by atoms with Gasteiger partial charge in [-0.25, -0.2) is 0 Å². The Balaban J connectivity index is 2.12. The van der Waals surface area contributed by atoms with Gasteiger partial charge in [0, 0.05) is 24.3 Å². The minimum absolute atomic E-state index is 0.0856. The van der Waals surface area contributed by atoms with E-state index in [1.807, 2.05) is 19.2 Å². The van der Waals surface area contributed by atoms with Gasteiger partial charge in [0.15, 0.2) is 0 Å². The van der Waals surface area contributed by atoms with E-state index in [-0.39, 0.29) is 11.8 Å². The second-order valence-electron chi connectivity index (χ2n) is 4.81. The molecule has 1 aromatic rings. The van der Waals surface area contributed by atoms with Gasteiger partial charge in [-0.3, -0.25) is 4.79 Å². The molecule has 2 aliphatic rings. The molecular weight excluding hydrogens is 236 g/mol. The largest absolute Gasteiger partial charge is 0.316 e. The molecule has 3 rings (SSSR count). The summed E-state index contributed by atoms with van der Waals surface area (Å²) in [5.74, 6) is 0.645. The van der Waals surface area contributed by atoms with Crippen LogP contribution in [0.2, 0.25) is 5.02 Å². The lowest BCUT2D eigenvalue weighted by molar-refractivity contribution is -0.123. The number of hydrogen-bond acceptors (Lipinski definition) is 2. The highest BCUT2D eigenvalue weighted by Gasteiger charge is 2.39. The Labute approximate surface area is 106 Å². The molecule has 1 amide bonds. The number of amides is 1. The quantitative estimate of drug-likeness (QED) is 0.764. The number of nitrogens with one attached hydrogen (secondary N) is 1. The molecule has 0 bridgehead atoms. The van der Waals surface area contributed by atoms with Crippen LogP contribution in [0.3, 0.4) is 0 Å². The number of piperidine rings is 1. The molecule has 0 radical (unpaired) electrons. The van der Waals surface area contributed by atoms with Crippen molar-refractivity contribution in [2.24, 2.45) is 5.92 Å². The highest BCUT2D eigenvalue weighted by atomic mass is 35.5. The maximum atomic E-state index is 12.3. The summed E-state index contributed by atoms with van der Waals surface area (Å²) in [6.45, 7) is 1.77. The summed E-state index contributed by atoms with van der Waals surface area (Å²) in [6.07, 6.45) is 1.03. The van der Waals surface area contributed by atoms with E-state index in [2.05, 4.69) is 11.4 Å². The fraction of sp³-hybridized carbons (Fsp3) is 0.462. The predicted molar refractivity (Wildman–Crippen MR) is 68.6 cm³/mol. The molecule has 4 heteroatoms. The Kier molecular flexibility index (Phi) is 2.60. The van der Waals surface area contributed by atoms with Crippen molar-refractivity contribution in [1.82, 2.24) is 5.32 Å². The van der Waals surface area contributed by atoms with Crippen LogP contribution >= 0.6 is 11.6 Å². The zero-order chi connectivity index (χ0) is 12.0. The molecular formula is C13H15ClN2O. The van der Waals surface area contributed by atoms with Crippen molar-refractivity contribution in [3.05, 3.63) is 28.8 Å². The molecule has 2 aliphatic heterocycles. The molecule has 0 aliphatic carbocycles. The molecule has 1 saturated heterocycles. The van der Waals surface area contributed by atoms with Crippen LogP contribution in [0, 0.1) is 5.92 Å². The Morgan fingerprint density at radius 3 is 3.06 bits per heavy atom. The molecule has 1 aromatic carbocycles. The summed E-state index contributed by atoms with van der Waals surface area (Å²) in [4.78, 5) is 14.0. The van der Waals surface area contributed by atoms with Crippen molar-refractivity contribution in [2.45, 2.75) is 12.3 Å². The van der Waals surface area contributed by atoms with E-state index in [1.54, 1.807) is 4.90 Å². The molecule has 0 aromatic heterocycles. The van der Waals surface area contributed by atoms with E-state index >= 15 is 0 Å². The second kappa shape index (κ2) is 4.00. The monoisotopic (exact) mass is 250 g/mol. The molecule has 1 N–H and O–H groups in total. The third-order valence-electron chi connectivity index (χ3n) is 3.88. The summed E-state index contributed by atoms with van der Waals surface area (Å²) in [7, 11) is 1.84. The van der Waals surface area contributed by atoms with E-state index in [0.717, 1.165) is 25.2 Å². The van der Waals surface area contributed by atoms with Crippen LogP contribution in [0.25, 0.3) is 0 Å². The maximum absolute atomic E-state index is 12.3. The van der Waals surface area contributed by atoms with E-state index in [1.165, 1.54) is 5.56 Å². The summed E-state index contributed by atoms with van der Waals surface area (Å²) in [5.41, 5.74) is 2.24. The molecule has 17 heavy (non-hydrogen) atoms. The zero-order valence-corrected chi connectivity index (χ0v) is 10.5. The van der Waals surface area contributed by atoms with Gasteiger partial charge in [-0.1, -0.05) is 17.7 Å². The second-order valence-corrected chi connectivity index (χ2v) is 5.24. The highest BCUT2D eigenvalue weighted by Crippen LogP contribution is 2.42. The first-order valence-electron chi connectivity index (χ1n) is 5.96. The summed E-state index contributed by atoms with van der Waals surface area (Å²) in [5, 5.41) is 3.99. The first-order valence-corrected chi connectivity index (χ1v) is 6.34. The van der Waals surface area contributed by atoms with E-state index in [4.69, 9.17) is 11.6 Å². The van der Waals surface area contributed by atoms with Crippen molar-refractivity contribution in [3.63, 3.8) is 0 Å². The van der Waals surface area contributed by atoms with Crippen LogP contribution in [0.15, 0.2) is 18.2 Å². The van der Waals surface area contributed by atoms with Gasteiger partial charge in [-0.15, -0.1) is 0 Å². The number of carbonyl (C=O) groups excluding carboxylic acids is 1. The minimum Gasteiger partial charge on any atom is -0.316 e. The fourth-order valence-electron chi connectivity index (χ4n) is 2.98. The van der Waals surface area contributed by atoms with Gasteiger partial charge in [-0.05, 0) is 36.6 Å². The number of carbonyl (C=O) groups is 1. The van der Waals surface area contributed by atoms with E-state index in [9.17, 15) is 4.79 Å². The van der Waals surface area contributed by atoms with E-state index in [0.29, 0.717) is 10.9 Å². The first kappa shape index (κ1) is 11.1. The lowest BCUT2D eigenvalue weighted by Gasteiger charge is -2.40. The third-order valence-corrected chi connectivity index (χ3v) is 4.12. The molecule has 90 valence electrons. The van der Waals surface area contributed by atoms with Gasteiger partial charge in [0.05, 0.1) is 5.92 Å². The van der Waals surface area contributed by atoms with Crippen molar-refractivity contribution < 1.29 is 4.79 Å². The van der Waals surface area contributed by atoms with Crippen molar-refractivity contribution in [2.75, 3.05) is 25.0 Å². The van der Waals surface area contributed by atoms with Crippen LogP contribution < -0.4 is 10.2 Å². The fourth-order valence-corrected chi connectivity index (χ4v) is 3.14. The minimum atomic E-state index is 0.0856. The average Bonchev–Trinajstić information content (AvgIpc) is 2.36. The molecule has 2 heterocycles. The maximum Gasteiger partial charge on any atom is 0.231 e. The van der Waals surface area contributed by atoms with Gasteiger partial charge < -0.3 is 10.2 Å². The SMILES string of the molecule is CN1C(=O)C2CNCCC2c2ccc(Cl)cc21. The van der Waals surface area contributed by atoms with Crippen molar-refractivity contribution in [3.8, 4) is 0 Å². The Morgan fingerprint density at radius 1 is 1.41 bits per heavy atom. The van der Waals surface area contributed by atoms with Gasteiger partial charge in [0.1, 0.15) is 0 Å². The Bertz CT molecular complexity index is 474. The number of rotatable bonds is 0. The lowest BCUT2D eigenvalue weighted by Crippen LogP contribution is -2.48. The number of nitrogens with zero attached hydrogens (tertiary/aromatic N) is 1. The standard InChI is InChI=1S/C13H15ClN2O/c1-16-12-6-8(14)2-3-10(12)9-4-5-15-7-11(9)13(16)17/h2-3,6,9,11,15H,4-5,7H2,1H3. The lowest BCUT2D eigenvalue weighted by atomic mass is 9.77. The molecule has 0 saturated carbocycles. The molecule has 2 unspecified atom stereocenters. The van der Waals surface area contributed by atoms with Crippen molar-refractivity contribution in [1.29, 1.82) is 0 Å². The first-order chi connectivity index (χ1) is 8.18. The molecule has 3 nitrogen and oxygen atoms in total. The predicted octanol–water partition coefficient (Wildman–Crippen LogP) is 2.01. The topological polar surface area (TPSA) is 32.3 Å². The van der Waals surface area contributed by atoms with Crippen molar-refractivity contribution >= 4 is 23.2 Å². The third kappa shape index (κ3) is 1.65. The Morgan fingerprint density at radius 2 is 2.24 bits per heavy atom. The van der Waals surface area contributed by atoms with Gasteiger partial charge in [0.2, 0.25) is 5.91 Å². The van der Waals surface area contributed by atoms with E-state index < -0.39 is 0 Å². The van der Waals surface area contributed by atoms with Gasteiger partial charge in [-0.2, -0.15) is 0 Å². The summed E-state index contributed by atoms with van der Waals surface area (Å²) >= 11 is 6.01. The number of halogens is 1. The highest BCUT2D eigenvalue weighted by molar-refractivity contribution is 6.31. The normalized spacial score (nSPS) is 27.6. The molecule has 1 fully saturated rings. The zero-order valence-electron chi connectivity index (χ0n) is 9.74. The van der Waals surface area contributed by atoms with Gasteiger partial charge in [0.25, 0.3) is 0 Å².